The molecule has 0 radical (unpaired) electrons. The van der Waals surface area contributed by atoms with Gasteiger partial charge in [-0.15, -0.1) is 11.3 Å². The second-order valence-corrected chi connectivity index (χ2v) is 12.2. The molecule has 8 rings (SSSR count). The number of hydrogen-bond acceptors (Lipinski definition) is 6. The van der Waals surface area contributed by atoms with Gasteiger partial charge in [0.15, 0.2) is 10.3 Å². The normalized spacial score (nSPS) is 31.2. The number of nitrogens with one attached hydrogen (secondary N) is 1. The number of amidine groups is 1. The maximum absolute atomic E-state index is 13.3. The van der Waals surface area contributed by atoms with Crippen LogP contribution in [0.3, 0.4) is 0 Å². The summed E-state index contributed by atoms with van der Waals surface area (Å²) in [6.45, 7) is 0. The third-order valence-electron chi connectivity index (χ3n) is 8.02. The number of benzene rings is 1. The zero-order valence-electron chi connectivity index (χ0n) is 18.7. The van der Waals surface area contributed by atoms with Crippen LogP contribution in [-0.2, 0) is 10.2 Å². The van der Waals surface area contributed by atoms with Gasteiger partial charge >= 0.3 is 0 Å². The maximum atomic E-state index is 13.3. The molecule has 2 aromatic heterocycles. The van der Waals surface area contributed by atoms with Gasteiger partial charge in [0.2, 0.25) is 0 Å². The lowest BCUT2D eigenvalue weighted by Crippen LogP contribution is -2.49. The molecular weight excluding hydrogens is 462 g/mol. The van der Waals surface area contributed by atoms with E-state index in [9.17, 15) is 4.79 Å². The van der Waals surface area contributed by atoms with Crippen molar-refractivity contribution in [2.24, 2.45) is 17.8 Å². The number of aromatic nitrogens is 3. The molecule has 1 amide bonds. The van der Waals surface area contributed by atoms with Gasteiger partial charge in [0.25, 0.3) is 5.91 Å². The van der Waals surface area contributed by atoms with Crippen molar-refractivity contribution >= 4 is 45.4 Å². The fourth-order valence-corrected chi connectivity index (χ4v) is 8.68. The Bertz CT molecular complexity index is 1270. The number of rotatable bonds is 4. The topological polar surface area (TPSA) is 74.9 Å². The van der Waals surface area contributed by atoms with Gasteiger partial charge in [-0.25, -0.2) is 14.6 Å². The highest BCUT2D eigenvalue weighted by Crippen LogP contribution is 2.61. The van der Waals surface area contributed by atoms with E-state index in [0.29, 0.717) is 10.0 Å². The highest BCUT2D eigenvalue weighted by Gasteiger charge is 2.53. The quantitative estimate of drug-likeness (QED) is 0.468. The molecule has 1 N–H and O–H groups in total. The molecule has 1 aliphatic heterocycles. The van der Waals surface area contributed by atoms with Crippen molar-refractivity contribution < 1.29 is 4.79 Å². The lowest BCUT2D eigenvalue weighted by atomic mass is 9.48. The molecule has 1 aromatic carbocycles. The number of carbonyl (C=O) groups excluding carboxylic acids is 1. The molecule has 172 valence electrons. The van der Waals surface area contributed by atoms with E-state index >= 15 is 0 Å². The van der Waals surface area contributed by atoms with Gasteiger partial charge in [0.1, 0.15) is 0 Å². The fraction of sp³-hybridized carbons (Fsp3) is 0.385. The van der Waals surface area contributed by atoms with Crippen LogP contribution in [0.15, 0.2) is 53.0 Å². The fourth-order valence-electron chi connectivity index (χ4n) is 7.15. The van der Waals surface area contributed by atoms with Gasteiger partial charge < -0.3 is 0 Å². The summed E-state index contributed by atoms with van der Waals surface area (Å²) in [6.07, 6.45) is 13.5. The molecule has 4 aliphatic carbocycles. The molecule has 4 bridgehead atoms. The van der Waals surface area contributed by atoms with Crippen LogP contribution in [0.5, 0.6) is 0 Å². The second kappa shape index (κ2) is 7.65. The number of hydrogen-bond donors (Lipinski definition) is 1. The first-order chi connectivity index (χ1) is 16.6. The Morgan fingerprint density at radius 1 is 1.06 bits per heavy atom. The zero-order valence-corrected chi connectivity index (χ0v) is 20.3. The highest BCUT2D eigenvalue weighted by molar-refractivity contribution is 8.19. The highest BCUT2D eigenvalue weighted by atomic mass is 32.2. The van der Waals surface area contributed by atoms with E-state index in [1.807, 2.05) is 34.3 Å². The summed E-state index contributed by atoms with van der Waals surface area (Å²) in [6, 6.07) is 10.2. The first-order valence-corrected chi connectivity index (χ1v) is 13.7. The molecule has 0 unspecified atom stereocenters. The van der Waals surface area contributed by atoms with Crippen molar-refractivity contribution in [3.63, 3.8) is 0 Å². The molecule has 1 saturated heterocycles. The summed E-state index contributed by atoms with van der Waals surface area (Å²) in [7, 11) is 0. The summed E-state index contributed by atoms with van der Waals surface area (Å²) in [4.78, 5) is 19.5. The van der Waals surface area contributed by atoms with Gasteiger partial charge in [-0.1, -0.05) is 18.2 Å². The maximum Gasteiger partial charge on any atom is 0.273 e. The minimum absolute atomic E-state index is 0.107. The van der Waals surface area contributed by atoms with Crippen molar-refractivity contribution in [1.29, 1.82) is 5.41 Å². The van der Waals surface area contributed by atoms with Gasteiger partial charge in [-0.2, -0.15) is 5.10 Å². The molecule has 4 saturated carbocycles. The monoisotopic (exact) mass is 487 g/mol. The standard InChI is InChI=1S/C26H25N5OS2/c27-24-31(25-28-6-7-33-25)23(32)21(34-24)11-19-15-30(20-4-2-1-3-5-20)29-22(19)26-12-16-8-17(13-26)10-18(9-16)14-26/h1-7,11,15-18,27H,8-10,12-14H2/b21-11+,27-24?. The molecule has 3 aromatic rings. The van der Waals surface area contributed by atoms with Crippen LogP contribution >= 0.6 is 23.1 Å². The molecule has 5 fully saturated rings. The number of para-hydroxylation sites is 1. The Morgan fingerprint density at radius 3 is 2.41 bits per heavy atom. The Labute approximate surface area is 206 Å². The zero-order chi connectivity index (χ0) is 22.9. The second-order valence-electron chi connectivity index (χ2n) is 10.3. The SMILES string of the molecule is N=C1S/C(=C/c2cn(-c3ccccc3)nc2C23CC4CC(CC(C4)C2)C3)C(=O)N1c1nccs1. The van der Waals surface area contributed by atoms with Crippen molar-refractivity contribution in [3.05, 3.63) is 64.3 Å². The van der Waals surface area contributed by atoms with E-state index in [4.69, 9.17) is 10.5 Å². The minimum Gasteiger partial charge on any atom is -0.278 e. The molecule has 0 spiro atoms. The first-order valence-electron chi connectivity index (χ1n) is 12.0. The van der Waals surface area contributed by atoms with Crippen LogP contribution in [0.25, 0.3) is 11.8 Å². The van der Waals surface area contributed by atoms with E-state index in [0.717, 1.165) is 34.7 Å². The first kappa shape index (κ1) is 20.6. The summed E-state index contributed by atoms with van der Waals surface area (Å²) >= 11 is 2.59. The third kappa shape index (κ3) is 3.22. The Hall–Kier alpha value is -2.71. The van der Waals surface area contributed by atoms with Crippen molar-refractivity contribution in [3.8, 4) is 5.69 Å². The van der Waals surface area contributed by atoms with Crippen LogP contribution < -0.4 is 4.90 Å². The van der Waals surface area contributed by atoms with E-state index < -0.39 is 0 Å². The lowest BCUT2D eigenvalue weighted by Gasteiger charge is -2.56. The molecular formula is C26H25N5OS2. The van der Waals surface area contributed by atoms with E-state index in [1.165, 1.54) is 66.5 Å². The number of carbonyl (C=O) groups is 1. The molecule has 6 nitrogen and oxygen atoms in total. The molecule has 8 heteroatoms. The smallest absolute Gasteiger partial charge is 0.273 e. The number of nitrogens with zero attached hydrogens (tertiary/aromatic N) is 4. The molecule has 3 heterocycles. The summed E-state index contributed by atoms with van der Waals surface area (Å²) in [5.41, 5.74) is 3.31. The largest absolute Gasteiger partial charge is 0.278 e. The summed E-state index contributed by atoms with van der Waals surface area (Å²) in [5.74, 6) is 2.26. The van der Waals surface area contributed by atoms with Gasteiger partial charge in [-0.3, -0.25) is 10.2 Å². The van der Waals surface area contributed by atoms with Crippen molar-refractivity contribution in [2.75, 3.05) is 4.90 Å². The number of thioether (sulfide) groups is 1. The predicted molar refractivity (Wildman–Crippen MR) is 136 cm³/mol. The molecule has 0 atom stereocenters. The van der Waals surface area contributed by atoms with E-state index in [-0.39, 0.29) is 16.5 Å². The van der Waals surface area contributed by atoms with E-state index in [1.54, 1.807) is 6.20 Å². The Kier molecular flexibility index (Phi) is 4.64. The minimum atomic E-state index is -0.172. The Morgan fingerprint density at radius 2 is 1.76 bits per heavy atom. The number of amides is 1. The Balaban J connectivity index is 1.33. The van der Waals surface area contributed by atoms with Crippen LogP contribution in [0.2, 0.25) is 0 Å². The van der Waals surface area contributed by atoms with Gasteiger partial charge in [0.05, 0.1) is 16.3 Å². The summed E-state index contributed by atoms with van der Waals surface area (Å²) < 4.78 is 1.98. The van der Waals surface area contributed by atoms with Crippen LogP contribution in [0.1, 0.15) is 49.8 Å². The predicted octanol–water partition coefficient (Wildman–Crippen LogP) is 5.85. The number of thiazole rings is 1. The lowest BCUT2D eigenvalue weighted by molar-refractivity contribution is -0.113. The van der Waals surface area contributed by atoms with Crippen LogP contribution in [-0.4, -0.2) is 25.8 Å². The third-order valence-corrected chi connectivity index (χ3v) is 9.67. The van der Waals surface area contributed by atoms with Crippen molar-refractivity contribution in [2.45, 2.75) is 43.9 Å². The molecule has 34 heavy (non-hydrogen) atoms. The van der Waals surface area contributed by atoms with E-state index in [2.05, 4.69) is 23.3 Å². The van der Waals surface area contributed by atoms with Crippen LogP contribution in [0.4, 0.5) is 5.13 Å². The molecule has 5 aliphatic rings. The summed E-state index contributed by atoms with van der Waals surface area (Å²) in [5, 5.41) is 16.2. The average molecular weight is 488 g/mol. The average Bonchev–Trinajstić information content (AvgIpc) is 3.54. The van der Waals surface area contributed by atoms with Gasteiger partial charge in [-0.05, 0) is 86.2 Å². The van der Waals surface area contributed by atoms with Gasteiger partial charge in [0, 0.05) is 28.8 Å². The van der Waals surface area contributed by atoms with Crippen LogP contribution in [0, 0.1) is 23.2 Å². The van der Waals surface area contributed by atoms with Crippen molar-refractivity contribution in [1.82, 2.24) is 14.8 Å². The number of anilines is 1.